The number of benzene rings is 1. The van der Waals surface area contributed by atoms with Gasteiger partial charge in [-0.3, -0.25) is 0 Å². The summed E-state index contributed by atoms with van der Waals surface area (Å²) in [4.78, 5) is 5.06. The Labute approximate surface area is 111 Å². The number of fused-ring (bicyclic) bond motifs is 2. The van der Waals surface area contributed by atoms with E-state index in [2.05, 4.69) is 55.0 Å². The summed E-state index contributed by atoms with van der Waals surface area (Å²) in [5.41, 5.74) is 3.51. The Morgan fingerprint density at radius 2 is 1.78 bits per heavy atom. The van der Waals surface area contributed by atoms with Crippen molar-refractivity contribution in [3.8, 4) is 0 Å². The lowest BCUT2D eigenvalue weighted by Gasteiger charge is -2.39. The molecule has 0 N–H and O–H groups in total. The van der Waals surface area contributed by atoms with Crippen molar-refractivity contribution in [2.24, 2.45) is 0 Å². The highest BCUT2D eigenvalue weighted by Gasteiger charge is 2.44. The highest BCUT2D eigenvalue weighted by atomic mass is 15.2. The zero-order valence-corrected chi connectivity index (χ0v) is 11.8. The minimum atomic E-state index is 0.424. The first kappa shape index (κ1) is 12.0. The molecule has 2 heterocycles. The van der Waals surface area contributed by atoms with Crippen LogP contribution < -0.4 is 4.90 Å². The van der Waals surface area contributed by atoms with E-state index >= 15 is 0 Å². The predicted molar refractivity (Wildman–Crippen MR) is 77.3 cm³/mol. The van der Waals surface area contributed by atoms with Crippen LogP contribution in [0.25, 0.3) is 0 Å². The van der Waals surface area contributed by atoms with Crippen molar-refractivity contribution in [2.75, 3.05) is 31.6 Å². The van der Waals surface area contributed by atoms with E-state index in [1.165, 1.54) is 38.2 Å². The van der Waals surface area contributed by atoms with E-state index in [-0.39, 0.29) is 0 Å². The maximum atomic E-state index is 2.60. The van der Waals surface area contributed by atoms with Gasteiger partial charge in [0.2, 0.25) is 0 Å². The quantitative estimate of drug-likeness (QED) is 0.749. The summed E-state index contributed by atoms with van der Waals surface area (Å²) in [5, 5.41) is 0. The molecule has 0 atom stereocenters. The molecule has 0 aliphatic carbocycles. The number of piperidine rings is 1. The summed E-state index contributed by atoms with van der Waals surface area (Å²) in [7, 11) is 2.24. The van der Waals surface area contributed by atoms with E-state index in [0.717, 1.165) is 0 Å². The minimum Gasteiger partial charge on any atom is -0.368 e. The molecule has 3 rings (SSSR count). The molecular weight excluding hydrogens is 220 g/mol. The average molecular weight is 244 g/mol. The molecule has 1 aromatic carbocycles. The summed E-state index contributed by atoms with van der Waals surface area (Å²) in [6.07, 6.45) is 2.62. The van der Waals surface area contributed by atoms with Crippen LogP contribution in [-0.4, -0.2) is 37.6 Å². The van der Waals surface area contributed by atoms with E-state index in [1.54, 1.807) is 5.56 Å². The number of rotatable bonds is 1. The van der Waals surface area contributed by atoms with Crippen LogP contribution in [0.4, 0.5) is 5.69 Å². The molecule has 1 saturated heterocycles. The second kappa shape index (κ2) is 4.27. The van der Waals surface area contributed by atoms with Crippen LogP contribution in [0.5, 0.6) is 0 Å². The van der Waals surface area contributed by atoms with E-state index in [9.17, 15) is 0 Å². The third kappa shape index (κ3) is 1.74. The van der Waals surface area contributed by atoms with Gasteiger partial charge in [-0.1, -0.05) is 18.2 Å². The fourth-order valence-corrected chi connectivity index (χ4v) is 3.60. The second-order valence-electron chi connectivity index (χ2n) is 6.32. The zero-order valence-electron chi connectivity index (χ0n) is 11.8. The Balaban J connectivity index is 1.99. The molecule has 0 aromatic heterocycles. The lowest BCUT2D eigenvalue weighted by atomic mass is 9.74. The van der Waals surface area contributed by atoms with E-state index < -0.39 is 0 Å². The molecule has 1 fully saturated rings. The molecule has 1 spiro atoms. The number of likely N-dealkylation sites (tertiary alicyclic amines) is 1. The van der Waals surface area contributed by atoms with Crippen molar-refractivity contribution < 1.29 is 0 Å². The number of nitrogens with zero attached hydrogens (tertiary/aromatic N) is 2. The highest BCUT2D eigenvalue weighted by Crippen LogP contribution is 2.47. The van der Waals surface area contributed by atoms with Gasteiger partial charge in [0.05, 0.1) is 0 Å². The number of hydrogen-bond donors (Lipinski definition) is 0. The largest absolute Gasteiger partial charge is 0.368 e. The molecule has 0 saturated carbocycles. The van der Waals surface area contributed by atoms with E-state index in [1.807, 2.05) is 0 Å². The zero-order chi connectivity index (χ0) is 12.8. The SMILES string of the molecule is CC(C)N1CC2(CCN(C)CC2)c2ccccc21. The monoisotopic (exact) mass is 244 g/mol. The molecule has 0 bridgehead atoms. The Hall–Kier alpha value is -1.02. The summed E-state index contributed by atoms with van der Waals surface area (Å²) in [6, 6.07) is 9.67. The van der Waals surface area contributed by atoms with Crippen LogP contribution in [-0.2, 0) is 5.41 Å². The molecule has 2 heteroatoms. The van der Waals surface area contributed by atoms with Crippen molar-refractivity contribution in [2.45, 2.75) is 38.1 Å². The third-order valence-electron chi connectivity index (χ3n) is 4.83. The Morgan fingerprint density at radius 3 is 2.44 bits per heavy atom. The fourth-order valence-electron chi connectivity index (χ4n) is 3.60. The predicted octanol–water partition coefficient (Wildman–Crippen LogP) is 2.88. The van der Waals surface area contributed by atoms with Crippen molar-refractivity contribution in [3.63, 3.8) is 0 Å². The smallest absolute Gasteiger partial charge is 0.0407 e. The number of hydrogen-bond acceptors (Lipinski definition) is 2. The van der Waals surface area contributed by atoms with Crippen LogP contribution in [0, 0.1) is 0 Å². The van der Waals surface area contributed by atoms with Crippen LogP contribution in [0.3, 0.4) is 0 Å². The molecule has 2 aliphatic rings. The van der Waals surface area contributed by atoms with Crippen LogP contribution >= 0.6 is 0 Å². The van der Waals surface area contributed by atoms with Crippen molar-refractivity contribution in [1.29, 1.82) is 0 Å². The first-order valence-corrected chi connectivity index (χ1v) is 7.17. The summed E-state index contributed by atoms with van der Waals surface area (Å²) < 4.78 is 0. The molecule has 0 radical (unpaired) electrons. The van der Waals surface area contributed by atoms with Crippen molar-refractivity contribution in [3.05, 3.63) is 29.8 Å². The van der Waals surface area contributed by atoms with Gasteiger partial charge in [-0.15, -0.1) is 0 Å². The molecule has 98 valence electrons. The maximum Gasteiger partial charge on any atom is 0.0407 e. The van der Waals surface area contributed by atoms with Gasteiger partial charge in [0.25, 0.3) is 0 Å². The van der Waals surface area contributed by atoms with Crippen molar-refractivity contribution >= 4 is 5.69 Å². The molecule has 1 aromatic rings. The lowest BCUT2D eigenvalue weighted by Crippen LogP contribution is -2.44. The minimum absolute atomic E-state index is 0.424. The first-order valence-electron chi connectivity index (χ1n) is 7.17. The summed E-state index contributed by atoms with van der Waals surface area (Å²) in [6.45, 7) is 8.31. The van der Waals surface area contributed by atoms with Gasteiger partial charge >= 0.3 is 0 Å². The molecule has 0 unspecified atom stereocenters. The van der Waals surface area contributed by atoms with E-state index in [0.29, 0.717) is 11.5 Å². The van der Waals surface area contributed by atoms with Gasteiger partial charge in [0.1, 0.15) is 0 Å². The van der Waals surface area contributed by atoms with Crippen LogP contribution in [0.2, 0.25) is 0 Å². The van der Waals surface area contributed by atoms with Crippen molar-refractivity contribution in [1.82, 2.24) is 4.90 Å². The third-order valence-corrected chi connectivity index (χ3v) is 4.83. The molecule has 18 heavy (non-hydrogen) atoms. The standard InChI is InChI=1S/C16H24N2/c1-13(2)18-12-16(8-10-17(3)11-9-16)14-6-4-5-7-15(14)18/h4-7,13H,8-12H2,1-3H3. The Bertz CT molecular complexity index is 430. The normalized spacial score (nSPS) is 22.8. The summed E-state index contributed by atoms with van der Waals surface area (Å²) >= 11 is 0. The van der Waals surface area contributed by atoms with Crippen LogP contribution in [0.1, 0.15) is 32.3 Å². The molecular formula is C16H24N2. The Kier molecular flexibility index (Phi) is 2.86. The average Bonchev–Trinajstić information content (AvgIpc) is 2.69. The van der Waals surface area contributed by atoms with Gasteiger partial charge < -0.3 is 9.80 Å². The fraction of sp³-hybridized carbons (Fsp3) is 0.625. The van der Waals surface area contributed by atoms with Gasteiger partial charge in [-0.25, -0.2) is 0 Å². The van der Waals surface area contributed by atoms with Gasteiger partial charge in [-0.2, -0.15) is 0 Å². The van der Waals surface area contributed by atoms with Gasteiger partial charge in [-0.05, 0) is 58.5 Å². The maximum absolute atomic E-state index is 2.60. The highest BCUT2D eigenvalue weighted by molar-refractivity contribution is 5.63. The Morgan fingerprint density at radius 1 is 1.11 bits per heavy atom. The topological polar surface area (TPSA) is 6.48 Å². The lowest BCUT2D eigenvalue weighted by molar-refractivity contribution is 0.195. The number of anilines is 1. The van der Waals surface area contributed by atoms with E-state index in [4.69, 9.17) is 0 Å². The summed E-state index contributed by atoms with van der Waals surface area (Å²) in [5.74, 6) is 0. The van der Waals surface area contributed by atoms with Gasteiger partial charge in [0.15, 0.2) is 0 Å². The first-order chi connectivity index (χ1) is 8.62. The molecule has 2 aliphatic heterocycles. The second-order valence-corrected chi connectivity index (χ2v) is 6.32. The molecule has 0 amide bonds. The van der Waals surface area contributed by atoms with Gasteiger partial charge in [0, 0.05) is 23.7 Å². The number of para-hydroxylation sites is 1. The molecule has 2 nitrogen and oxygen atoms in total. The van der Waals surface area contributed by atoms with Crippen LogP contribution in [0.15, 0.2) is 24.3 Å².